The molecule has 8 N–H and O–H groups in total. The van der Waals surface area contributed by atoms with E-state index >= 15 is 0 Å². The molecule has 10 atom stereocenters. The lowest BCUT2D eigenvalue weighted by atomic mass is 9.70. The topological polar surface area (TPSA) is 226 Å². The molecule has 3 fully saturated rings. The van der Waals surface area contributed by atoms with Gasteiger partial charge in [-0.15, -0.1) is 0 Å². The molecule has 272 valence electrons. The van der Waals surface area contributed by atoms with Gasteiger partial charge in [0.05, 0.1) is 19.4 Å². The van der Waals surface area contributed by atoms with Crippen LogP contribution in [0.1, 0.15) is 45.6 Å². The Labute approximate surface area is 298 Å². The Bertz CT molecular complexity index is 1820. The minimum atomic E-state index is -1.55. The largest absolute Gasteiger partial charge is 0.394 e. The van der Waals surface area contributed by atoms with Gasteiger partial charge in [-0.25, -0.2) is 4.98 Å². The van der Waals surface area contributed by atoms with Crippen LogP contribution in [0.3, 0.4) is 0 Å². The van der Waals surface area contributed by atoms with E-state index in [1.54, 1.807) is 4.90 Å². The Morgan fingerprint density at radius 2 is 1.23 bits per heavy atom. The van der Waals surface area contributed by atoms with Gasteiger partial charge in [0.1, 0.15) is 66.7 Å². The van der Waals surface area contributed by atoms with Gasteiger partial charge in [0.25, 0.3) is 5.91 Å². The van der Waals surface area contributed by atoms with Gasteiger partial charge in [0.2, 0.25) is 0 Å². The second kappa shape index (κ2) is 14.6. The van der Waals surface area contributed by atoms with Gasteiger partial charge in [-0.3, -0.25) is 9.78 Å². The number of carbonyl (C=O) groups is 1. The monoisotopic (exact) mass is 713 g/mol. The number of aliphatic hydroxyl groups is 8. The second-order valence-electron chi connectivity index (χ2n) is 13.5. The molecule has 3 saturated heterocycles. The smallest absolute Gasteiger partial charge is 0.274 e. The number of hydrogen-bond donors (Lipinski definition) is 8. The zero-order valence-electron chi connectivity index (χ0n) is 27.9. The van der Waals surface area contributed by atoms with Crippen molar-refractivity contribution in [3.05, 3.63) is 82.9 Å². The number of hydrogen-bond acceptors (Lipinski definition) is 13. The maximum Gasteiger partial charge on any atom is 0.274 e. The van der Waals surface area contributed by atoms with Crippen LogP contribution in [0.2, 0.25) is 0 Å². The Morgan fingerprint density at radius 3 is 1.67 bits per heavy atom. The van der Waals surface area contributed by atoms with Gasteiger partial charge < -0.3 is 55.2 Å². The summed E-state index contributed by atoms with van der Waals surface area (Å²) in [7, 11) is 0. The number of piperidine rings is 1. The van der Waals surface area contributed by atoms with E-state index in [-0.39, 0.29) is 11.6 Å². The van der Waals surface area contributed by atoms with Crippen LogP contribution in [0.25, 0.3) is 11.1 Å². The summed E-state index contributed by atoms with van der Waals surface area (Å²) < 4.78 is 11.2. The third kappa shape index (κ3) is 6.38. The molecule has 0 radical (unpaired) electrons. The minimum absolute atomic E-state index is 0.223. The standard InChI is InChI=1S/C38H39N3O11/c42-18-29-33(46)35(48)31(44)27(51-29)7-3-20-1-5-22-23-6-2-21(4-8-28-32(45)36(49)34(47)30(19-43)52-28)16-25(23)38(24(22)15-20)9-13-41(14-10-38)37(50)26-17-39-11-12-40-26/h1-2,5-6,11-12,15-17,27-36,42-49H,9-10,13-14,18-19H2/t27-,28-,29-,30-,31-,32-,33-,34-,35-,36-/m1/s1. The number of fused-ring (bicyclic) bond motifs is 5. The predicted octanol–water partition coefficient (Wildman–Crippen LogP) is -1.93. The average molecular weight is 714 g/mol. The highest BCUT2D eigenvalue weighted by Crippen LogP contribution is 2.54. The maximum atomic E-state index is 13.3. The van der Waals surface area contributed by atoms with Crippen LogP contribution in [0.5, 0.6) is 0 Å². The SMILES string of the molecule is O=C(c1cnccn1)N1CCC2(CC1)c1cc(C#C[C@H]3O[C@H](CO)[C@@H](O)[C@H](O)[C@@H]3O)ccc1-c1ccc(C#C[C@H]3O[C@H](CO)[C@@H](O)[C@H](O)[C@@H]3O)cc12. The van der Waals surface area contributed by atoms with Crippen LogP contribution < -0.4 is 0 Å². The molecule has 0 bridgehead atoms. The number of nitrogens with zero attached hydrogens (tertiary/aromatic N) is 3. The first-order valence-corrected chi connectivity index (χ1v) is 17.0. The molecule has 4 heterocycles. The number of aromatic nitrogens is 2. The van der Waals surface area contributed by atoms with Gasteiger partial charge >= 0.3 is 0 Å². The van der Waals surface area contributed by atoms with E-state index < -0.39 is 79.7 Å². The molecule has 1 aliphatic carbocycles. The molecular weight excluding hydrogens is 674 g/mol. The van der Waals surface area contributed by atoms with Crippen LogP contribution in [0.15, 0.2) is 55.0 Å². The fraction of sp³-hybridized carbons (Fsp3) is 0.447. The Balaban J connectivity index is 1.22. The van der Waals surface area contributed by atoms with E-state index in [0.717, 1.165) is 22.3 Å². The molecule has 14 nitrogen and oxygen atoms in total. The molecule has 14 heteroatoms. The normalized spacial score (nSPS) is 31.8. The van der Waals surface area contributed by atoms with E-state index in [4.69, 9.17) is 9.47 Å². The molecule has 2 aromatic carbocycles. The molecule has 1 amide bonds. The van der Waals surface area contributed by atoms with Crippen molar-refractivity contribution >= 4 is 5.91 Å². The van der Waals surface area contributed by atoms with Crippen molar-refractivity contribution in [3.8, 4) is 34.8 Å². The summed E-state index contributed by atoms with van der Waals surface area (Å²) in [6.45, 7) is -0.298. The molecule has 4 aliphatic rings. The number of ether oxygens (including phenoxy) is 2. The van der Waals surface area contributed by atoms with Crippen LogP contribution >= 0.6 is 0 Å². The molecule has 7 rings (SSSR count). The second-order valence-corrected chi connectivity index (χ2v) is 13.5. The molecule has 52 heavy (non-hydrogen) atoms. The van der Waals surface area contributed by atoms with Crippen molar-refractivity contribution in [1.82, 2.24) is 14.9 Å². The number of aliphatic hydroxyl groups excluding tert-OH is 8. The fourth-order valence-corrected chi connectivity index (χ4v) is 7.60. The highest BCUT2D eigenvalue weighted by molar-refractivity contribution is 5.92. The number of carbonyl (C=O) groups excluding carboxylic acids is 1. The Kier molecular flexibility index (Phi) is 10.1. The first-order chi connectivity index (χ1) is 25.1. The molecule has 1 aromatic heterocycles. The van der Waals surface area contributed by atoms with Crippen molar-refractivity contribution < 1.29 is 55.1 Å². The quantitative estimate of drug-likeness (QED) is 0.139. The average Bonchev–Trinajstić information content (AvgIpc) is 3.43. The zero-order valence-corrected chi connectivity index (χ0v) is 27.9. The molecular formula is C38H39N3O11. The highest BCUT2D eigenvalue weighted by atomic mass is 16.5. The lowest BCUT2D eigenvalue weighted by Gasteiger charge is -2.41. The van der Waals surface area contributed by atoms with Crippen molar-refractivity contribution in [2.75, 3.05) is 26.3 Å². The predicted molar refractivity (Wildman–Crippen MR) is 181 cm³/mol. The van der Waals surface area contributed by atoms with E-state index in [1.165, 1.54) is 18.6 Å². The number of benzene rings is 2. The summed E-state index contributed by atoms with van der Waals surface area (Å²) in [4.78, 5) is 23.3. The minimum Gasteiger partial charge on any atom is -0.394 e. The lowest BCUT2D eigenvalue weighted by Crippen LogP contribution is -2.58. The number of rotatable bonds is 3. The fourth-order valence-electron chi connectivity index (χ4n) is 7.60. The van der Waals surface area contributed by atoms with Crippen molar-refractivity contribution in [3.63, 3.8) is 0 Å². The first-order valence-electron chi connectivity index (χ1n) is 17.0. The van der Waals surface area contributed by atoms with Crippen LogP contribution in [0.4, 0.5) is 0 Å². The van der Waals surface area contributed by atoms with E-state index in [1.807, 2.05) is 36.4 Å². The molecule has 0 saturated carbocycles. The summed E-state index contributed by atoms with van der Waals surface area (Å²) in [6, 6.07) is 11.5. The van der Waals surface area contributed by atoms with Crippen molar-refractivity contribution in [1.29, 1.82) is 0 Å². The van der Waals surface area contributed by atoms with Gasteiger partial charge in [-0.05, 0) is 59.4 Å². The van der Waals surface area contributed by atoms with E-state index in [0.29, 0.717) is 37.1 Å². The Hall–Kier alpha value is -4.29. The number of amides is 1. The van der Waals surface area contributed by atoms with E-state index in [9.17, 15) is 45.6 Å². The summed E-state index contributed by atoms with van der Waals surface area (Å²) in [6.07, 6.45) is -8.02. The highest BCUT2D eigenvalue weighted by Gasteiger charge is 2.47. The molecule has 3 aromatic rings. The first kappa shape index (κ1) is 36.1. The van der Waals surface area contributed by atoms with Crippen molar-refractivity contribution in [2.45, 2.75) is 79.3 Å². The zero-order chi connectivity index (χ0) is 36.7. The van der Waals surface area contributed by atoms with Crippen LogP contribution in [-0.4, -0.2) is 149 Å². The third-order valence-corrected chi connectivity index (χ3v) is 10.5. The van der Waals surface area contributed by atoms with Gasteiger partial charge in [0.15, 0.2) is 0 Å². The summed E-state index contributed by atoms with van der Waals surface area (Å²) in [5.74, 6) is 11.5. The maximum absolute atomic E-state index is 13.3. The molecule has 1 spiro atoms. The molecule has 0 unspecified atom stereocenters. The lowest BCUT2D eigenvalue weighted by molar-refractivity contribution is -0.214. The van der Waals surface area contributed by atoms with E-state index in [2.05, 4.69) is 33.6 Å². The summed E-state index contributed by atoms with van der Waals surface area (Å²) in [5, 5.41) is 81.0. The van der Waals surface area contributed by atoms with Gasteiger partial charge in [-0.2, -0.15) is 0 Å². The summed E-state index contributed by atoms with van der Waals surface area (Å²) >= 11 is 0. The van der Waals surface area contributed by atoms with Crippen LogP contribution in [-0.2, 0) is 14.9 Å². The third-order valence-electron chi connectivity index (χ3n) is 10.5. The van der Waals surface area contributed by atoms with Gasteiger partial charge in [-0.1, -0.05) is 35.8 Å². The van der Waals surface area contributed by atoms with Crippen LogP contribution in [0, 0.1) is 23.7 Å². The number of likely N-dealkylation sites (tertiary alicyclic amines) is 1. The molecule has 3 aliphatic heterocycles. The Morgan fingerprint density at radius 1 is 0.731 bits per heavy atom. The summed E-state index contributed by atoms with van der Waals surface area (Å²) in [5.41, 5.74) is 4.79. The van der Waals surface area contributed by atoms with Gasteiger partial charge in [0, 0.05) is 42.0 Å². The van der Waals surface area contributed by atoms with Crippen molar-refractivity contribution in [2.24, 2.45) is 0 Å².